The number of aryl methyl sites for hydroxylation is 1. The van der Waals surface area contributed by atoms with Crippen LogP contribution in [0.2, 0.25) is 0 Å². The molecule has 9 aromatic rings. The maximum absolute atomic E-state index is 12.5. The standard InChI is InChI=1S/C63H62N3O.Pt/c1-39(2)46-35-52(40(3)4)60(67)55(36-46)61-65-59-51(47-32-48(34-50(33-47)63(9,10)11)56-37-45(29-30-64-56)42-19-14-12-15-20-42)23-18-24-57(59)66(61)58-31-41(5)53(38-54(58)43-21-16-13-17-22-43)44-25-27-49(28-26-44)62(6,7)8;/h12-31,33-40,67H,1-11H3;/q-1;/i5D3,12D,14D,15D,19D,20D;. The van der Waals surface area contributed by atoms with Gasteiger partial charge in [-0.2, -0.15) is 0 Å². The Kier molecular flexibility index (Phi) is 10.8. The minimum absolute atomic E-state index is 0. The average molecular weight is 1080 g/mol. The van der Waals surface area contributed by atoms with Crippen LogP contribution in [0.5, 0.6) is 5.75 Å². The Labute approximate surface area is 429 Å². The van der Waals surface area contributed by atoms with Gasteiger partial charge in [-0.25, -0.2) is 4.98 Å². The first-order chi connectivity index (χ1) is 35.2. The van der Waals surface area contributed by atoms with Gasteiger partial charge >= 0.3 is 0 Å². The first-order valence-corrected chi connectivity index (χ1v) is 23.1. The Balaban J connectivity index is 0.00000765. The predicted octanol–water partition coefficient (Wildman–Crippen LogP) is 17.1. The van der Waals surface area contributed by atoms with Crippen molar-refractivity contribution in [1.29, 1.82) is 0 Å². The maximum atomic E-state index is 12.5. The average Bonchev–Trinajstić information content (AvgIpc) is 3.76. The predicted molar refractivity (Wildman–Crippen MR) is 282 cm³/mol. The zero-order chi connectivity index (χ0) is 54.2. The third-order valence-electron chi connectivity index (χ3n) is 12.7. The van der Waals surface area contributed by atoms with Gasteiger partial charge in [-0.1, -0.05) is 189 Å². The molecule has 0 saturated heterocycles. The molecule has 2 heterocycles. The van der Waals surface area contributed by atoms with Crippen molar-refractivity contribution in [1.82, 2.24) is 14.5 Å². The van der Waals surface area contributed by atoms with Crippen LogP contribution in [0.4, 0.5) is 0 Å². The number of phenolic OH excluding ortho intramolecular Hbond substituents is 1. The second-order valence-corrected chi connectivity index (χ2v) is 20.2. The Morgan fingerprint density at radius 3 is 1.97 bits per heavy atom. The van der Waals surface area contributed by atoms with Crippen molar-refractivity contribution in [3.8, 4) is 78.6 Å². The van der Waals surface area contributed by atoms with E-state index in [1.165, 1.54) is 0 Å². The van der Waals surface area contributed by atoms with Gasteiger partial charge in [0.15, 0.2) is 0 Å². The smallest absolute Gasteiger partial charge is 0.148 e. The van der Waals surface area contributed by atoms with Gasteiger partial charge in [0.1, 0.15) is 11.6 Å². The summed E-state index contributed by atoms with van der Waals surface area (Å²) in [6.07, 6.45) is 1.57. The first kappa shape index (κ1) is 38.6. The fourth-order valence-electron chi connectivity index (χ4n) is 8.79. The van der Waals surface area contributed by atoms with Crippen molar-refractivity contribution in [2.75, 3.05) is 0 Å². The van der Waals surface area contributed by atoms with E-state index in [1.54, 1.807) is 24.4 Å². The monoisotopic (exact) mass is 1080 g/mol. The number of pyridine rings is 1. The quantitative estimate of drug-likeness (QED) is 0.147. The summed E-state index contributed by atoms with van der Waals surface area (Å²) in [4.78, 5) is 10.3. The van der Waals surface area contributed by atoms with Gasteiger partial charge in [0.05, 0.1) is 29.1 Å². The SMILES string of the molecule is [2H]c1c([2H])c([2H])c(-c2ccnc(-c3[c-]c(-c4cccc5c4nc(-c4cc(C(C)C)cc(C(C)C)c4O)n5-c4cc(C([2H])([2H])[2H])c(-c5ccc(C(C)(C)C)cc5)cc4-c4ccccc4)cc(C(C)(C)C)c3)c2)c([2H])c1[2H].[Pt]. The second kappa shape index (κ2) is 19.0. The number of rotatable bonds is 9. The fraction of sp³-hybridized carbons (Fsp3) is 0.238. The number of fused-ring (bicyclic) bond motifs is 1. The number of nitrogens with zero attached hydrogens (tertiary/aromatic N) is 3. The summed E-state index contributed by atoms with van der Waals surface area (Å²) in [6, 6.07) is 41.1. The molecule has 346 valence electrons. The van der Waals surface area contributed by atoms with E-state index in [4.69, 9.17) is 20.9 Å². The summed E-state index contributed by atoms with van der Waals surface area (Å²) in [6.45, 7) is 18.6. The number of aromatic nitrogens is 3. The van der Waals surface area contributed by atoms with E-state index in [0.717, 1.165) is 44.5 Å². The van der Waals surface area contributed by atoms with Gasteiger partial charge in [-0.3, -0.25) is 9.55 Å². The molecule has 0 aliphatic heterocycles. The summed E-state index contributed by atoms with van der Waals surface area (Å²) in [5.74, 6) is 0.578. The Morgan fingerprint density at radius 1 is 0.618 bits per heavy atom. The van der Waals surface area contributed by atoms with E-state index in [2.05, 4.69) is 99.6 Å². The van der Waals surface area contributed by atoms with Crippen LogP contribution in [-0.2, 0) is 31.9 Å². The number of phenols is 1. The van der Waals surface area contributed by atoms with Gasteiger partial charge in [-0.05, 0) is 110 Å². The largest absolute Gasteiger partial charge is 0.507 e. The molecule has 0 aliphatic rings. The molecule has 0 fully saturated rings. The summed E-state index contributed by atoms with van der Waals surface area (Å²) in [5.41, 5.74) is 11.9. The van der Waals surface area contributed by atoms with Crippen molar-refractivity contribution < 1.29 is 37.1 Å². The van der Waals surface area contributed by atoms with E-state index in [1.807, 2.05) is 83.4 Å². The Hall–Kier alpha value is -6.35. The molecule has 1 N–H and O–H groups in total. The Morgan fingerprint density at radius 2 is 1.31 bits per heavy atom. The van der Waals surface area contributed by atoms with E-state index >= 15 is 0 Å². The molecule has 5 heteroatoms. The molecule has 0 amide bonds. The molecule has 2 aromatic heterocycles. The van der Waals surface area contributed by atoms with E-state index < -0.39 is 25.0 Å². The van der Waals surface area contributed by atoms with Crippen LogP contribution >= 0.6 is 0 Å². The first-order valence-electron chi connectivity index (χ1n) is 27.1. The van der Waals surface area contributed by atoms with E-state index in [-0.39, 0.29) is 72.7 Å². The fourth-order valence-corrected chi connectivity index (χ4v) is 8.79. The molecule has 0 spiro atoms. The Bertz CT molecular complexity index is 3650. The van der Waals surface area contributed by atoms with Crippen LogP contribution in [0.25, 0.3) is 83.9 Å². The molecule has 0 saturated carbocycles. The number of hydrogen-bond acceptors (Lipinski definition) is 3. The van der Waals surface area contributed by atoms with Crippen molar-refractivity contribution in [2.24, 2.45) is 0 Å². The number of hydrogen-bond donors (Lipinski definition) is 1. The summed E-state index contributed by atoms with van der Waals surface area (Å²) < 4.78 is 71.7. The van der Waals surface area contributed by atoms with Crippen LogP contribution in [0.15, 0.2) is 158 Å². The molecule has 7 aromatic carbocycles. The van der Waals surface area contributed by atoms with Gasteiger partial charge in [0.2, 0.25) is 0 Å². The topological polar surface area (TPSA) is 50.9 Å². The molecule has 0 bridgehead atoms. The molecule has 0 atom stereocenters. The minimum Gasteiger partial charge on any atom is -0.507 e. The van der Waals surface area contributed by atoms with Gasteiger partial charge in [0.25, 0.3) is 0 Å². The third-order valence-corrected chi connectivity index (χ3v) is 12.7. The van der Waals surface area contributed by atoms with E-state index in [9.17, 15) is 5.11 Å². The minimum atomic E-state index is -2.54. The maximum Gasteiger partial charge on any atom is 0.148 e. The van der Waals surface area contributed by atoms with Crippen LogP contribution in [0.3, 0.4) is 0 Å². The summed E-state index contributed by atoms with van der Waals surface area (Å²) in [7, 11) is 0. The molecular formula is C63H62N3OPt-. The molecule has 4 nitrogen and oxygen atoms in total. The molecule has 9 rings (SSSR count). The van der Waals surface area contributed by atoms with Crippen molar-refractivity contribution in [2.45, 2.75) is 98.8 Å². The van der Waals surface area contributed by atoms with Crippen LogP contribution in [0, 0.1) is 12.9 Å². The molecule has 0 aliphatic carbocycles. The zero-order valence-corrected chi connectivity index (χ0v) is 42.7. The van der Waals surface area contributed by atoms with Crippen molar-refractivity contribution in [3.63, 3.8) is 0 Å². The van der Waals surface area contributed by atoms with Crippen LogP contribution in [-0.4, -0.2) is 19.6 Å². The van der Waals surface area contributed by atoms with Crippen molar-refractivity contribution >= 4 is 11.0 Å². The van der Waals surface area contributed by atoms with Gasteiger partial charge in [-0.15, -0.1) is 29.3 Å². The summed E-state index contributed by atoms with van der Waals surface area (Å²) in [5, 5.41) is 12.5. The summed E-state index contributed by atoms with van der Waals surface area (Å²) >= 11 is 0. The third kappa shape index (κ3) is 9.41. The molecular weight excluding hydrogens is 1010 g/mol. The van der Waals surface area contributed by atoms with Gasteiger partial charge in [0, 0.05) is 42.6 Å². The number of aromatic hydroxyl groups is 1. The van der Waals surface area contributed by atoms with E-state index in [0.29, 0.717) is 56.1 Å². The normalized spacial score (nSPS) is 13.8. The number of para-hydroxylation sites is 1. The van der Waals surface area contributed by atoms with Crippen molar-refractivity contribution in [3.05, 3.63) is 192 Å². The molecule has 0 unspecified atom stereocenters. The van der Waals surface area contributed by atoms with Crippen LogP contribution in [0.1, 0.15) is 120 Å². The number of benzene rings is 7. The number of imidazole rings is 1. The van der Waals surface area contributed by atoms with Crippen LogP contribution < -0.4 is 0 Å². The second-order valence-electron chi connectivity index (χ2n) is 20.2. The molecule has 68 heavy (non-hydrogen) atoms. The van der Waals surface area contributed by atoms with Gasteiger partial charge < -0.3 is 5.11 Å². The molecule has 0 radical (unpaired) electrons. The zero-order valence-electron chi connectivity index (χ0n) is 48.4.